The van der Waals surface area contributed by atoms with Gasteiger partial charge in [0.2, 0.25) is 0 Å². The van der Waals surface area contributed by atoms with Gasteiger partial charge in [-0.15, -0.1) is 0 Å². The minimum atomic E-state index is -0.531. The Bertz CT molecular complexity index is 975. The van der Waals surface area contributed by atoms with Crippen LogP contribution < -0.4 is 9.47 Å². The number of halogens is 1. The quantitative estimate of drug-likeness (QED) is 0.213. The third-order valence-corrected chi connectivity index (χ3v) is 7.38. The highest BCUT2D eigenvalue weighted by atomic mass is 35.5. The van der Waals surface area contributed by atoms with Crippen molar-refractivity contribution in [2.24, 2.45) is 17.3 Å². The second-order valence-electron chi connectivity index (χ2n) is 8.88. The van der Waals surface area contributed by atoms with Crippen LogP contribution in [0.15, 0.2) is 23.8 Å². The zero-order valence-corrected chi connectivity index (χ0v) is 20.8. The van der Waals surface area contributed by atoms with Gasteiger partial charge in [0.15, 0.2) is 6.29 Å². The number of rotatable bonds is 7. The SMILES string of the molecule is COc1c(Cl)c(C)c(C=O)c(OC(C)=O)c1C/C=C(C)\C=C\C1(C)C(C)CCC(=O)C1C. The van der Waals surface area contributed by atoms with Crippen molar-refractivity contribution in [2.45, 2.75) is 60.8 Å². The number of Topliss-reactive ketones (excluding diaryl/α,β-unsaturated/α-hetero) is 1. The first-order valence-electron chi connectivity index (χ1n) is 10.9. The molecule has 1 aliphatic carbocycles. The lowest BCUT2D eigenvalue weighted by Crippen LogP contribution is -2.40. The summed E-state index contributed by atoms with van der Waals surface area (Å²) < 4.78 is 10.9. The second kappa shape index (κ2) is 10.5. The monoisotopic (exact) mass is 460 g/mol. The van der Waals surface area contributed by atoms with Gasteiger partial charge in [-0.1, -0.05) is 56.2 Å². The maximum absolute atomic E-state index is 12.3. The van der Waals surface area contributed by atoms with E-state index < -0.39 is 5.97 Å². The minimum Gasteiger partial charge on any atom is -0.495 e. The molecule has 1 fully saturated rings. The van der Waals surface area contributed by atoms with Gasteiger partial charge in [0, 0.05) is 24.8 Å². The second-order valence-corrected chi connectivity index (χ2v) is 9.26. The molecule has 2 rings (SSSR count). The average Bonchev–Trinajstić information content (AvgIpc) is 2.75. The number of hydrogen-bond donors (Lipinski definition) is 0. The molecule has 3 atom stereocenters. The van der Waals surface area contributed by atoms with E-state index >= 15 is 0 Å². The third kappa shape index (κ3) is 5.15. The predicted octanol–water partition coefficient (Wildman–Crippen LogP) is 6.08. The number of esters is 1. The van der Waals surface area contributed by atoms with Crippen LogP contribution in [0.25, 0.3) is 0 Å². The summed E-state index contributed by atoms with van der Waals surface area (Å²) in [6.45, 7) is 11.3. The van der Waals surface area contributed by atoms with Gasteiger partial charge in [-0.25, -0.2) is 0 Å². The zero-order chi connectivity index (χ0) is 24.2. The van der Waals surface area contributed by atoms with Crippen molar-refractivity contribution < 1.29 is 23.9 Å². The van der Waals surface area contributed by atoms with E-state index in [9.17, 15) is 14.4 Å². The zero-order valence-electron chi connectivity index (χ0n) is 20.0. The molecule has 174 valence electrons. The fourth-order valence-electron chi connectivity index (χ4n) is 4.27. The summed E-state index contributed by atoms with van der Waals surface area (Å²) in [5.74, 6) is 0.704. The maximum Gasteiger partial charge on any atom is 0.308 e. The molecule has 0 heterocycles. The highest BCUT2D eigenvalue weighted by Crippen LogP contribution is 2.45. The van der Waals surface area contributed by atoms with E-state index in [1.165, 1.54) is 14.0 Å². The van der Waals surface area contributed by atoms with Gasteiger partial charge in [-0.3, -0.25) is 14.4 Å². The van der Waals surface area contributed by atoms with Gasteiger partial charge in [0.1, 0.15) is 17.3 Å². The van der Waals surface area contributed by atoms with Crippen molar-refractivity contribution in [3.05, 3.63) is 45.5 Å². The molecule has 0 radical (unpaired) electrons. The maximum atomic E-state index is 12.3. The Morgan fingerprint density at radius 3 is 2.47 bits per heavy atom. The Morgan fingerprint density at radius 1 is 1.25 bits per heavy atom. The van der Waals surface area contributed by atoms with Crippen molar-refractivity contribution in [2.75, 3.05) is 7.11 Å². The number of carbonyl (C=O) groups excluding carboxylic acids is 3. The molecule has 0 spiro atoms. The van der Waals surface area contributed by atoms with E-state index in [1.54, 1.807) is 6.92 Å². The molecule has 5 nitrogen and oxygen atoms in total. The van der Waals surface area contributed by atoms with Crippen LogP contribution in [0, 0.1) is 24.2 Å². The smallest absolute Gasteiger partial charge is 0.308 e. The number of carbonyl (C=O) groups is 3. The summed E-state index contributed by atoms with van der Waals surface area (Å²) in [7, 11) is 1.49. The molecule has 0 aromatic heterocycles. The minimum absolute atomic E-state index is 0.0305. The lowest BCUT2D eigenvalue weighted by molar-refractivity contribution is -0.132. The number of allylic oxidation sites excluding steroid dienone is 4. The third-order valence-electron chi connectivity index (χ3n) is 6.93. The van der Waals surface area contributed by atoms with E-state index in [0.29, 0.717) is 52.7 Å². The highest BCUT2D eigenvalue weighted by Gasteiger charge is 2.41. The van der Waals surface area contributed by atoms with Crippen LogP contribution in [-0.4, -0.2) is 25.1 Å². The summed E-state index contributed by atoms with van der Waals surface area (Å²) in [5.41, 5.74) is 2.04. The summed E-state index contributed by atoms with van der Waals surface area (Å²) in [6.07, 6.45) is 8.66. The number of aldehydes is 1. The molecule has 1 aromatic carbocycles. The van der Waals surface area contributed by atoms with E-state index in [1.807, 2.05) is 26.0 Å². The van der Waals surface area contributed by atoms with E-state index in [0.717, 1.165) is 12.0 Å². The first-order valence-corrected chi connectivity index (χ1v) is 11.3. The Hall–Kier alpha value is -2.40. The summed E-state index contributed by atoms with van der Waals surface area (Å²) in [4.78, 5) is 35.7. The normalized spacial score (nSPS) is 24.0. The van der Waals surface area contributed by atoms with Crippen LogP contribution in [0.2, 0.25) is 5.02 Å². The lowest BCUT2D eigenvalue weighted by atomic mass is 9.61. The van der Waals surface area contributed by atoms with Crippen molar-refractivity contribution in [1.82, 2.24) is 0 Å². The summed E-state index contributed by atoms with van der Waals surface area (Å²) in [6, 6.07) is 0. The summed E-state index contributed by atoms with van der Waals surface area (Å²) >= 11 is 6.44. The molecular weight excluding hydrogens is 428 g/mol. The van der Waals surface area contributed by atoms with Crippen LogP contribution >= 0.6 is 11.6 Å². The van der Waals surface area contributed by atoms with E-state index in [-0.39, 0.29) is 22.6 Å². The van der Waals surface area contributed by atoms with Gasteiger partial charge < -0.3 is 9.47 Å². The molecule has 1 aliphatic rings. The fourth-order valence-corrected chi connectivity index (χ4v) is 4.56. The predicted molar refractivity (Wildman–Crippen MR) is 127 cm³/mol. The van der Waals surface area contributed by atoms with Crippen LogP contribution in [0.1, 0.15) is 68.9 Å². The highest BCUT2D eigenvalue weighted by molar-refractivity contribution is 6.33. The number of ether oxygens (including phenoxy) is 2. The molecular formula is C26H33ClO5. The lowest BCUT2D eigenvalue weighted by Gasteiger charge is -2.42. The Kier molecular flexibility index (Phi) is 8.47. The fraction of sp³-hybridized carbons (Fsp3) is 0.500. The van der Waals surface area contributed by atoms with Gasteiger partial charge in [-0.05, 0) is 43.6 Å². The Morgan fingerprint density at radius 2 is 1.91 bits per heavy atom. The van der Waals surface area contributed by atoms with Crippen molar-refractivity contribution in [3.63, 3.8) is 0 Å². The summed E-state index contributed by atoms with van der Waals surface area (Å²) in [5, 5.41) is 0.318. The Balaban J connectivity index is 2.44. The standard InChI is InChI=1S/C26H33ClO5/c1-15(12-13-26(6)16(2)9-11-22(30)18(26)4)8-10-20-24(32-19(5)29)21(14-28)17(3)23(27)25(20)31-7/h8,12-14,16,18H,9-11H2,1-7H3/b13-12+,15-8-. The van der Waals surface area contributed by atoms with E-state index in [2.05, 4.69) is 19.9 Å². The average molecular weight is 461 g/mol. The van der Waals surface area contributed by atoms with Gasteiger partial charge in [0.25, 0.3) is 0 Å². The van der Waals surface area contributed by atoms with Crippen LogP contribution in [0.3, 0.4) is 0 Å². The van der Waals surface area contributed by atoms with Crippen LogP contribution in [0.5, 0.6) is 11.5 Å². The van der Waals surface area contributed by atoms with Crippen molar-refractivity contribution in [1.29, 1.82) is 0 Å². The van der Waals surface area contributed by atoms with Crippen LogP contribution in [0.4, 0.5) is 0 Å². The molecule has 32 heavy (non-hydrogen) atoms. The molecule has 0 N–H and O–H groups in total. The van der Waals surface area contributed by atoms with Gasteiger partial charge in [0.05, 0.1) is 17.7 Å². The largest absolute Gasteiger partial charge is 0.495 e. The first-order chi connectivity index (χ1) is 15.0. The molecule has 6 heteroatoms. The molecule has 1 saturated carbocycles. The van der Waals surface area contributed by atoms with E-state index in [4.69, 9.17) is 21.1 Å². The molecule has 0 saturated heterocycles. The van der Waals surface area contributed by atoms with Gasteiger partial charge >= 0.3 is 5.97 Å². The van der Waals surface area contributed by atoms with Crippen LogP contribution in [-0.2, 0) is 16.0 Å². The first kappa shape index (κ1) is 25.9. The number of benzene rings is 1. The van der Waals surface area contributed by atoms with Gasteiger partial charge in [-0.2, -0.15) is 0 Å². The molecule has 0 bridgehead atoms. The van der Waals surface area contributed by atoms with Crippen molar-refractivity contribution >= 4 is 29.6 Å². The number of hydrogen-bond acceptors (Lipinski definition) is 5. The number of methoxy groups -OCH3 is 1. The molecule has 1 aromatic rings. The topological polar surface area (TPSA) is 69.7 Å². The molecule has 3 unspecified atom stereocenters. The number of ketones is 1. The Labute approximate surface area is 195 Å². The molecule has 0 aliphatic heterocycles. The van der Waals surface area contributed by atoms with Crippen molar-refractivity contribution in [3.8, 4) is 11.5 Å². The molecule has 0 amide bonds.